The molecule has 1 aromatic heterocycles. The average Bonchev–Trinajstić information content (AvgIpc) is 2.58. The summed E-state index contributed by atoms with van der Waals surface area (Å²) in [5.41, 5.74) is 0.535. The molecule has 0 saturated heterocycles. The van der Waals surface area contributed by atoms with E-state index in [2.05, 4.69) is 9.72 Å². The number of fused-ring (bicyclic) bond motifs is 1. The Bertz CT molecular complexity index is 795. The largest absolute Gasteiger partial charge is 0.465 e. The lowest BCUT2D eigenvalue weighted by atomic mass is 10.2. The van der Waals surface area contributed by atoms with E-state index in [0.29, 0.717) is 17.4 Å². The molecule has 0 N–H and O–H groups in total. The lowest BCUT2D eigenvalue weighted by Gasteiger charge is -2.27. The van der Waals surface area contributed by atoms with Gasteiger partial charge >= 0.3 is 5.97 Å². The molecule has 0 saturated carbocycles. The highest BCUT2D eigenvalue weighted by molar-refractivity contribution is 6.49. The van der Waals surface area contributed by atoms with Crippen LogP contribution in [0.15, 0.2) is 42.6 Å². The van der Waals surface area contributed by atoms with Crippen molar-refractivity contribution >= 4 is 28.4 Å². The molecular weight excluding hydrogens is 323 g/mol. The first-order valence-corrected chi connectivity index (χ1v) is 7.12. The van der Waals surface area contributed by atoms with Crippen molar-refractivity contribution < 1.29 is 18.8 Å². The number of aromatic nitrogens is 1. The van der Waals surface area contributed by atoms with E-state index in [9.17, 15) is 9.18 Å². The van der Waals surface area contributed by atoms with Crippen LogP contribution in [0, 0.1) is 5.82 Å². The first-order chi connectivity index (χ1) is 11.1. The number of rotatable bonds is 3. The van der Waals surface area contributed by atoms with Gasteiger partial charge < -0.3 is 9.57 Å². The molecule has 5 nitrogen and oxygen atoms in total. The summed E-state index contributed by atoms with van der Waals surface area (Å²) in [5, 5.41) is 2.09. The Morgan fingerprint density at radius 2 is 2.22 bits per heavy atom. The number of carbonyl (C=O) groups excluding carboxylic acids is 1. The molecule has 0 amide bonds. The lowest BCUT2D eigenvalue weighted by molar-refractivity contribution is 0.0595. The van der Waals surface area contributed by atoms with Gasteiger partial charge in [-0.1, -0.05) is 11.6 Å². The van der Waals surface area contributed by atoms with Gasteiger partial charge in [0.05, 0.1) is 19.2 Å². The van der Waals surface area contributed by atoms with Gasteiger partial charge in [-0.25, -0.2) is 14.2 Å². The fraction of sp³-hybridized carbons (Fsp3) is 0.125. The van der Waals surface area contributed by atoms with Crippen LogP contribution in [0.4, 0.5) is 10.2 Å². The standard InChI is InChI=1S/C16H12ClFN2O3/c1-22-16(21)12-9-10(4-5-14(12)18)23-20-8-6-13(17)11-3-2-7-19-15(11)20/h2-7,9H,8H2,1H3. The zero-order valence-electron chi connectivity index (χ0n) is 12.1. The van der Waals surface area contributed by atoms with Crippen LogP contribution in [-0.4, -0.2) is 24.6 Å². The molecule has 1 aliphatic rings. The highest BCUT2D eigenvalue weighted by Crippen LogP contribution is 2.32. The molecule has 0 bridgehead atoms. The summed E-state index contributed by atoms with van der Waals surface area (Å²) < 4.78 is 18.2. The maximum Gasteiger partial charge on any atom is 0.340 e. The van der Waals surface area contributed by atoms with E-state index in [0.717, 1.165) is 11.6 Å². The third kappa shape index (κ3) is 2.98. The number of nitrogens with zero attached hydrogens (tertiary/aromatic N) is 2. The molecule has 0 atom stereocenters. The van der Waals surface area contributed by atoms with E-state index in [1.54, 1.807) is 18.3 Å². The maximum absolute atomic E-state index is 13.7. The second-order valence-corrected chi connectivity index (χ2v) is 5.12. The highest BCUT2D eigenvalue weighted by Gasteiger charge is 2.21. The van der Waals surface area contributed by atoms with E-state index in [-0.39, 0.29) is 11.3 Å². The SMILES string of the molecule is COC(=O)c1cc(ON2CC=C(Cl)c3cccnc32)ccc1F. The number of hydroxylamine groups is 1. The Kier molecular flexibility index (Phi) is 4.16. The minimum atomic E-state index is -0.770. The number of carbonyl (C=O) groups is 1. The Labute approximate surface area is 136 Å². The number of halogens is 2. The molecule has 118 valence electrons. The Morgan fingerprint density at radius 3 is 3.00 bits per heavy atom. The predicted octanol–water partition coefficient (Wildman–Crippen LogP) is 3.40. The lowest BCUT2D eigenvalue weighted by Crippen LogP contribution is -2.31. The number of hydrogen-bond donors (Lipinski definition) is 0. The second kappa shape index (κ2) is 6.26. The quantitative estimate of drug-likeness (QED) is 0.805. The maximum atomic E-state index is 13.7. The van der Waals surface area contributed by atoms with Crippen molar-refractivity contribution in [3.8, 4) is 5.75 Å². The van der Waals surface area contributed by atoms with Crippen LogP contribution in [0.5, 0.6) is 5.75 Å². The van der Waals surface area contributed by atoms with Gasteiger partial charge in [0.2, 0.25) is 0 Å². The summed E-state index contributed by atoms with van der Waals surface area (Å²) in [6, 6.07) is 7.44. The van der Waals surface area contributed by atoms with Gasteiger partial charge in [-0.15, -0.1) is 0 Å². The van der Waals surface area contributed by atoms with E-state index in [1.165, 1.54) is 24.3 Å². The fourth-order valence-electron chi connectivity index (χ4n) is 2.18. The van der Waals surface area contributed by atoms with Gasteiger partial charge in [0.25, 0.3) is 0 Å². The predicted molar refractivity (Wildman–Crippen MR) is 83.8 cm³/mol. The number of benzene rings is 1. The van der Waals surface area contributed by atoms with E-state index in [1.807, 2.05) is 6.07 Å². The number of anilines is 1. The number of esters is 1. The fourth-order valence-corrected chi connectivity index (χ4v) is 2.39. The first-order valence-electron chi connectivity index (χ1n) is 6.74. The number of hydrogen-bond acceptors (Lipinski definition) is 5. The molecule has 2 aromatic rings. The summed E-state index contributed by atoms with van der Waals surface area (Å²) in [5.74, 6) is -0.615. The van der Waals surface area contributed by atoms with Crippen LogP contribution in [0.2, 0.25) is 0 Å². The molecule has 3 rings (SSSR count). The summed E-state index contributed by atoms with van der Waals surface area (Å²) in [4.78, 5) is 21.5. The van der Waals surface area contributed by atoms with Crippen LogP contribution in [0.1, 0.15) is 15.9 Å². The normalized spacial score (nSPS) is 13.2. The van der Waals surface area contributed by atoms with Crippen LogP contribution in [-0.2, 0) is 4.74 Å². The van der Waals surface area contributed by atoms with Crippen molar-refractivity contribution in [2.75, 3.05) is 18.7 Å². The van der Waals surface area contributed by atoms with Crippen molar-refractivity contribution in [3.05, 3.63) is 59.5 Å². The Morgan fingerprint density at radius 1 is 1.39 bits per heavy atom. The van der Waals surface area contributed by atoms with Crippen molar-refractivity contribution in [1.29, 1.82) is 0 Å². The van der Waals surface area contributed by atoms with Crippen LogP contribution >= 0.6 is 11.6 Å². The van der Waals surface area contributed by atoms with E-state index in [4.69, 9.17) is 16.4 Å². The molecule has 0 aliphatic carbocycles. The summed E-state index contributed by atoms with van der Waals surface area (Å²) in [6.07, 6.45) is 3.39. The van der Waals surface area contributed by atoms with Crippen molar-refractivity contribution in [3.63, 3.8) is 0 Å². The van der Waals surface area contributed by atoms with Crippen LogP contribution in [0.25, 0.3) is 5.03 Å². The second-order valence-electron chi connectivity index (χ2n) is 4.71. The van der Waals surface area contributed by atoms with Gasteiger partial charge in [-0.2, -0.15) is 5.06 Å². The smallest absolute Gasteiger partial charge is 0.340 e. The minimum Gasteiger partial charge on any atom is -0.465 e. The topological polar surface area (TPSA) is 51.7 Å². The number of pyridine rings is 1. The Balaban J connectivity index is 1.90. The molecule has 7 heteroatoms. The van der Waals surface area contributed by atoms with Crippen molar-refractivity contribution in [1.82, 2.24) is 4.98 Å². The molecule has 1 aromatic carbocycles. The Hall–Kier alpha value is -2.60. The third-order valence-electron chi connectivity index (χ3n) is 3.28. The van der Waals surface area contributed by atoms with Gasteiger partial charge in [-0.05, 0) is 30.3 Å². The average molecular weight is 335 g/mol. The van der Waals surface area contributed by atoms with Crippen LogP contribution < -0.4 is 9.90 Å². The highest BCUT2D eigenvalue weighted by atomic mass is 35.5. The van der Waals surface area contributed by atoms with Gasteiger partial charge in [-0.3, -0.25) is 0 Å². The van der Waals surface area contributed by atoms with Crippen LogP contribution in [0.3, 0.4) is 0 Å². The molecule has 23 heavy (non-hydrogen) atoms. The molecule has 0 fully saturated rings. The molecule has 1 aliphatic heterocycles. The molecule has 0 unspecified atom stereocenters. The summed E-state index contributed by atoms with van der Waals surface area (Å²) in [6.45, 7) is 0.369. The van der Waals surface area contributed by atoms with E-state index < -0.39 is 11.8 Å². The first kappa shape index (κ1) is 15.3. The molecule has 2 heterocycles. The summed E-state index contributed by atoms with van der Waals surface area (Å²) in [7, 11) is 1.19. The van der Waals surface area contributed by atoms with Gasteiger partial charge in [0.1, 0.15) is 5.82 Å². The molecule has 0 spiro atoms. The van der Waals surface area contributed by atoms with Crippen molar-refractivity contribution in [2.24, 2.45) is 0 Å². The monoisotopic (exact) mass is 334 g/mol. The van der Waals surface area contributed by atoms with E-state index >= 15 is 0 Å². The molecule has 0 radical (unpaired) electrons. The minimum absolute atomic E-state index is 0.197. The summed E-state index contributed by atoms with van der Waals surface area (Å²) >= 11 is 6.15. The van der Waals surface area contributed by atoms with Crippen molar-refractivity contribution in [2.45, 2.75) is 0 Å². The zero-order chi connectivity index (χ0) is 16.4. The number of ether oxygens (including phenoxy) is 1. The van der Waals surface area contributed by atoms with Gasteiger partial charge in [0.15, 0.2) is 11.6 Å². The third-order valence-corrected chi connectivity index (χ3v) is 3.63. The number of methoxy groups -OCH3 is 1. The molecular formula is C16H12ClFN2O3. The van der Waals surface area contributed by atoms with Gasteiger partial charge in [0, 0.05) is 22.9 Å². The zero-order valence-corrected chi connectivity index (χ0v) is 12.9.